The molecule has 6 heteroatoms. The Bertz CT molecular complexity index is 1170. The number of nitrogens with one attached hydrogen (secondary N) is 2. The molecule has 0 spiro atoms. The van der Waals surface area contributed by atoms with Crippen LogP contribution < -0.4 is 15.4 Å². The van der Waals surface area contributed by atoms with E-state index in [9.17, 15) is 9.59 Å². The zero-order valence-corrected chi connectivity index (χ0v) is 19.4. The van der Waals surface area contributed by atoms with Crippen LogP contribution in [-0.2, 0) is 11.2 Å². The van der Waals surface area contributed by atoms with Crippen LogP contribution in [0.25, 0.3) is 6.08 Å². The van der Waals surface area contributed by atoms with Crippen LogP contribution in [0.4, 0.5) is 5.69 Å². The van der Waals surface area contributed by atoms with E-state index >= 15 is 0 Å². The van der Waals surface area contributed by atoms with E-state index in [0.29, 0.717) is 16.2 Å². The van der Waals surface area contributed by atoms with Crippen molar-refractivity contribution in [2.24, 2.45) is 0 Å². The highest BCUT2D eigenvalue weighted by Gasteiger charge is 2.22. The first-order valence-electron chi connectivity index (χ1n) is 10.9. The number of hydrogen-bond acceptors (Lipinski definition) is 4. The van der Waals surface area contributed by atoms with Crippen LogP contribution in [0.15, 0.2) is 82.6 Å². The molecule has 0 radical (unpaired) electrons. The van der Waals surface area contributed by atoms with Crippen LogP contribution in [0, 0.1) is 0 Å². The van der Waals surface area contributed by atoms with Crippen LogP contribution in [0.5, 0.6) is 5.75 Å². The number of aryl methyl sites for hydroxylation is 1. The minimum absolute atomic E-state index is 0.0386. The van der Waals surface area contributed by atoms with Gasteiger partial charge in [-0.15, -0.1) is 0 Å². The molecule has 0 saturated carbocycles. The molecular formula is C27H26N2O3S. The van der Waals surface area contributed by atoms with Crippen molar-refractivity contribution in [3.8, 4) is 5.75 Å². The Morgan fingerprint density at radius 1 is 1.09 bits per heavy atom. The van der Waals surface area contributed by atoms with Crippen LogP contribution in [0.2, 0.25) is 0 Å². The lowest BCUT2D eigenvalue weighted by molar-refractivity contribution is -0.112. The number of anilines is 1. The molecule has 0 saturated heterocycles. The first-order chi connectivity index (χ1) is 16.0. The lowest BCUT2D eigenvalue weighted by atomic mass is 10.1. The molecule has 5 nitrogen and oxygen atoms in total. The fourth-order valence-electron chi connectivity index (χ4n) is 3.56. The Kier molecular flexibility index (Phi) is 7.15. The van der Waals surface area contributed by atoms with Crippen molar-refractivity contribution in [3.63, 3.8) is 0 Å². The Balaban J connectivity index is 1.40. The summed E-state index contributed by atoms with van der Waals surface area (Å²) in [5.74, 6) is 0.442. The average molecular weight is 459 g/mol. The summed E-state index contributed by atoms with van der Waals surface area (Å²) in [6, 6.07) is 23.2. The van der Waals surface area contributed by atoms with Crippen molar-refractivity contribution in [2.45, 2.75) is 30.7 Å². The van der Waals surface area contributed by atoms with Gasteiger partial charge in [0.15, 0.2) is 0 Å². The maximum absolute atomic E-state index is 12.7. The largest absolute Gasteiger partial charge is 0.497 e. The summed E-state index contributed by atoms with van der Waals surface area (Å²) in [6.45, 7) is 2.01. The summed E-state index contributed by atoms with van der Waals surface area (Å²) < 4.78 is 5.18. The van der Waals surface area contributed by atoms with Gasteiger partial charge in [-0.25, -0.2) is 0 Å². The maximum Gasteiger partial charge on any atom is 0.262 e. The second-order valence-electron chi connectivity index (χ2n) is 7.95. The molecule has 0 unspecified atom stereocenters. The predicted molar refractivity (Wildman–Crippen MR) is 134 cm³/mol. The lowest BCUT2D eigenvalue weighted by Gasteiger charge is -2.20. The molecule has 1 aliphatic heterocycles. The van der Waals surface area contributed by atoms with E-state index in [1.165, 1.54) is 17.3 Å². The Morgan fingerprint density at radius 2 is 1.85 bits per heavy atom. The summed E-state index contributed by atoms with van der Waals surface area (Å²) in [5, 5.41) is 5.97. The van der Waals surface area contributed by atoms with Gasteiger partial charge in [-0.05, 0) is 67.3 Å². The van der Waals surface area contributed by atoms with Crippen molar-refractivity contribution in [3.05, 3.63) is 94.4 Å². The molecule has 1 aliphatic rings. The number of thioether (sulfide) groups is 1. The number of hydrogen-bond donors (Lipinski definition) is 2. The molecular weight excluding hydrogens is 432 g/mol. The Morgan fingerprint density at radius 3 is 2.58 bits per heavy atom. The van der Waals surface area contributed by atoms with Crippen LogP contribution in [0.1, 0.15) is 34.8 Å². The van der Waals surface area contributed by atoms with Gasteiger partial charge in [0.05, 0.1) is 17.7 Å². The molecule has 0 aliphatic carbocycles. The third kappa shape index (κ3) is 5.84. The van der Waals surface area contributed by atoms with Crippen molar-refractivity contribution >= 4 is 35.3 Å². The third-order valence-corrected chi connectivity index (χ3v) is 6.53. The molecule has 2 amide bonds. The number of fused-ring (bicyclic) bond motifs is 1. The van der Waals surface area contributed by atoms with Gasteiger partial charge >= 0.3 is 0 Å². The highest BCUT2D eigenvalue weighted by molar-refractivity contribution is 8.04. The monoisotopic (exact) mass is 458 g/mol. The van der Waals surface area contributed by atoms with Crippen molar-refractivity contribution in [2.75, 3.05) is 12.4 Å². The Hall–Kier alpha value is -3.51. The van der Waals surface area contributed by atoms with Crippen LogP contribution in [0.3, 0.4) is 0 Å². The van der Waals surface area contributed by atoms with E-state index in [1.807, 2.05) is 61.5 Å². The maximum atomic E-state index is 12.7. The van der Waals surface area contributed by atoms with Gasteiger partial charge in [0.25, 0.3) is 11.8 Å². The van der Waals surface area contributed by atoms with E-state index in [-0.39, 0.29) is 17.9 Å². The van der Waals surface area contributed by atoms with E-state index in [0.717, 1.165) is 29.1 Å². The van der Waals surface area contributed by atoms with Gasteiger partial charge in [0, 0.05) is 16.5 Å². The smallest absolute Gasteiger partial charge is 0.262 e. The normalized spacial score (nSPS) is 14.8. The molecule has 1 atom stereocenters. The van der Waals surface area contributed by atoms with Gasteiger partial charge in [0.2, 0.25) is 0 Å². The molecule has 0 bridgehead atoms. The predicted octanol–water partition coefficient (Wildman–Crippen LogP) is 5.53. The number of carbonyl (C=O) groups excluding carboxylic acids is 2. The molecule has 168 valence electrons. The summed E-state index contributed by atoms with van der Waals surface area (Å²) in [6.07, 6.45) is 3.60. The Labute approximate surface area is 198 Å². The van der Waals surface area contributed by atoms with E-state index in [4.69, 9.17) is 4.74 Å². The first-order valence-corrected chi connectivity index (χ1v) is 11.7. The first kappa shape index (κ1) is 22.7. The van der Waals surface area contributed by atoms with Gasteiger partial charge in [0.1, 0.15) is 5.75 Å². The quantitative estimate of drug-likeness (QED) is 0.457. The van der Waals surface area contributed by atoms with Gasteiger partial charge < -0.3 is 15.4 Å². The molecule has 33 heavy (non-hydrogen) atoms. The van der Waals surface area contributed by atoms with E-state index in [1.54, 1.807) is 19.2 Å². The molecule has 0 fully saturated rings. The lowest BCUT2D eigenvalue weighted by Crippen LogP contribution is -2.33. The minimum Gasteiger partial charge on any atom is -0.497 e. The highest BCUT2D eigenvalue weighted by Crippen LogP contribution is 2.39. The second-order valence-corrected chi connectivity index (χ2v) is 9.03. The summed E-state index contributed by atoms with van der Waals surface area (Å²) >= 11 is 1.40. The average Bonchev–Trinajstić information content (AvgIpc) is 2.84. The number of carbonyl (C=O) groups is 2. The van der Waals surface area contributed by atoms with Gasteiger partial charge in [-0.2, -0.15) is 0 Å². The molecule has 1 heterocycles. The standard InChI is InChI=1S/C27H26N2O3S/c1-18(8-9-19-6-4-3-5-7-19)28-26(30)21-12-15-24-23(17-21)29-27(31)25(33-24)16-20-10-13-22(32-2)14-11-20/h3-7,10-18H,8-9H2,1-2H3,(H,28,30)(H,29,31)/b25-16+/t18-/m1/s1. The zero-order valence-electron chi connectivity index (χ0n) is 18.6. The van der Waals surface area contributed by atoms with Crippen LogP contribution >= 0.6 is 11.8 Å². The third-order valence-electron chi connectivity index (χ3n) is 5.43. The number of amides is 2. The zero-order chi connectivity index (χ0) is 23.2. The summed E-state index contributed by atoms with van der Waals surface area (Å²) in [5.41, 5.74) is 3.35. The fraction of sp³-hybridized carbons (Fsp3) is 0.185. The molecule has 3 aromatic carbocycles. The van der Waals surface area contributed by atoms with Gasteiger partial charge in [-0.3, -0.25) is 9.59 Å². The van der Waals surface area contributed by atoms with E-state index in [2.05, 4.69) is 22.8 Å². The molecule has 0 aromatic heterocycles. The fourth-order valence-corrected chi connectivity index (χ4v) is 4.49. The van der Waals surface area contributed by atoms with E-state index < -0.39 is 0 Å². The topological polar surface area (TPSA) is 67.4 Å². The summed E-state index contributed by atoms with van der Waals surface area (Å²) in [7, 11) is 1.62. The second kappa shape index (κ2) is 10.4. The van der Waals surface area contributed by atoms with Crippen molar-refractivity contribution in [1.82, 2.24) is 5.32 Å². The van der Waals surface area contributed by atoms with Crippen molar-refractivity contribution < 1.29 is 14.3 Å². The van der Waals surface area contributed by atoms with Crippen molar-refractivity contribution in [1.29, 1.82) is 0 Å². The highest BCUT2D eigenvalue weighted by atomic mass is 32.2. The van der Waals surface area contributed by atoms with Crippen LogP contribution in [-0.4, -0.2) is 25.0 Å². The molecule has 3 aromatic rings. The number of benzene rings is 3. The van der Waals surface area contributed by atoms with Gasteiger partial charge in [-0.1, -0.05) is 54.2 Å². The molecule has 4 rings (SSSR count). The number of rotatable bonds is 7. The molecule has 2 N–H and O–H groups in total. The minimum atomic E-state index is -0.183. The number of methoxy groups -OCH3 is 1. The SMILES string of the molecule is COc1ccc(/C=C2/Sc3ccc(C(=O)N[C@H](C)CCc4ccccc4)cc3NC2=O)cc1. The number of ether oxygens (including phenoxy) is 1. The summed E-state index contributed by atoms with van der Waals surface area (Å²) in [4.78, 5) is 26.9.